The average Bonchev–Trinajstić information content (AvgIpc) is 3.13. The van der Waals surface area contributed by atoms with Crippen molar-refractivity contribution in [3.05, 3.63) is 29.8 Å². The lowest BCUT2D eigenvalue weighted by atomic mass is 9.71. The first-order chi connectivity index (χ1) is 14.1. The maximum absolute atomic E-state index is 13.4. The number of rotatable bonds is 3. The van der Waals surface area contributed by atoms with Crippen LogP contribution in [0.2, 0.25) is 0 Å². The molecular formula is C22H31N3O4. The van der Waals surface area contributed by atoms with Crippen molar-refractivity contribution < 1.29 is 19.1 Å². The number of aryl methyl sites for hydroxylation is 1. The van der Waals surface area contributed by atoms with Gasteiger partial charge in [0.25, 0.3) is 0 Å². The predicted octanol–water partition coefficient (Wildman–Crippen LogP) is 2.37. The van der Waals surface area contributed by atoms with E-state index in [9.17, 15) is 9.59 Å². The van der Waals surface area contributed by atoms with Crippen molar-refractivity contribution in [2.75, 3.05) is 57.9 Å². The normalized spacial score (nSPS) is 24.0. The summed E-state index contributed by atoms with van der Waals surface area (Å²) >= 11 is 0. The molecule has 3 aliphatic heterocycles. The smallest absolute Gasteiger partial charge is 0.321 e. The van der Waals surface area contributed by atoms with Crippen LogP contribution in [-0.2, 0) is 20.7 Å². The molecule has 3 amide bonds. The van der Waals surface area contributed by atoms with Crippen LogP contribution >= 0.6 is 0 Å². The minimum absolute atomic E-state index is 0.124. The summed E-state index contributed by atoms with van der Waals surface area (Å²) in [6, 6.07) is 7.81. The van der Waals surface area contributed by atoms with Gasteiger partial charge >= 0.3 is 6.03 Å². The van der Waals surface area contributed by atoms with Gasteiger partial charge in [0.05, 0.1) is 19.1 Å². The lowest BCUT2D eigenvalue weighted by Gasteiger charge is -2.39. The Balaban J connectivity index is 1.49. The maximum Gasteiger partial charge on any atom is 0.321 e. The van der Waals surface area contributed by atoms with Gasteiger partial charge in [-0.2, -0.15) is 0 Å². The Morgan fingerprint density at radius 3 is 2.55 bits per heavy atom. The highest BCUT2D eigenvalue weighted by Crippen LogP contribution is 2.45. The second kappa shape index (κ2) is 8.71. The van der Waals surface area contributed by atoms with Crippen molar-refractivity contribution >= 4 is 17.6 Å². The standard InChI is InChI=1S/C22H31N3O4/c1-2-17-4-3-5-18(14-17)23-21(27)25-15-19(20(26)24-8-12-29-13-9-24)22(16-25)6-10-28-11-7-22/h3-5,14,19H,2,6-13,15-16H2,1H3,(H,23,27)/t19-/m1/s1. The van der Waals surface area contributed by atoms with E-state index in [0.717, 1.165) is 24.9 Å². The summed E-state index contributed by atoms with van der Waals surface area (Å²) in [7, 11) is 0. The number of nitrogens with zero attached hydrogens (tertiary/aromatic N) is 2. The third-order valence-corrected chi connectivity index (χ3v) is 6.63. The van der Waals surface area contributed by atoms with Crippen LogP contribution in [0.3, 0.4) is 0 Å². The van der Waals surface area contributed by atoms with E-state index in [1.165, 1.54) is 5.56 Å². The molecule has 0 aromatic heterocycles. The van der Waals surface area contributed by atoms with Gasteiger partial charge in [0, 0.05) is 50.5 Å². The highest BCUT2D eigenvalue weighted by Gasteiger charge is 2.52. The summed E-state index contributed by atoms with van der Waals surface area (Å²) < 4.78 is 11.0. The molecule has 1 atom stereocenters. The quantitative estimate of drug-likeness (QED) is 0.844. The molecule has 0 saturated carbocycles. The van der Waals surface area contributed by atoms with E-state index < -0.39 is 0 Å². The monoisotopic (exact) mass is 401 g/mol. The van der Waals surface area contributed by atoms with Crippen LogP contribution in [0.25, 0.3) is 0 Å². The molecule has 1 N–H and O–H groups in total. The van der Waals surface area contributed by atoms with Gasteiger partial charge in [0.2, 0.25) is 5.91 Å². The molecule has 3 aliphatic rings. The first-order valence-corrected chi connectivity index (χ1v) is 10.7. The number of carbonyl (C=O) groups excluding carboxylic acids is 2. The minimum Gasteiger partial charge on any atom is -0.381 e. The number of amides is 3. The number of benzene rings is 1. The second-order valence-corrected chi connectivity index (χ2v) is 8.33. The van der Waals surface area contributed by atoms with Crippen molar-refractivity contribution in [2.45, 2.75) is 26.2 Å². The summed E-state index contributed by atoms with van der Waals surface area (Å²) in [5, 5.41) is 3.03. The molecule has 7 heteroatoms. The zero-order valence-electron chi connectivity index (χ0n) is 17.2. The zero-order valence-corrected chi connectivity index (χ0v) is 17.2. The number of urea groups is 1. The Kier molecular flexibility index (Phi) is 6.06. The van der Waals surface area contributed by atoms with E-state index in [4.69, 9.17) is 9.47 Å². The van der Waals surface area contributed by atoms with Gasteiger partial charge in [-0.15, -0.1) is 0 Å². The molecule has 0 unspecified atom stereocenters. The maximum atomic E-state index is 13.4. The van der Waals surface area contributed by atoms with Crippen LogP contribution in [0.5, 0.6) is 0 Å². The van der Waals surface area contributed by atoms with Gasteiger partial charge in [-0.05, 0) is 37.0 Å². The van der Waals surface area contributed by atoms with Crippen molar-refractivity contribution in [2.24, 2.45) is 11.3 Å². The van der Waals surface area contributed by atoms with E-state index in [-0.39, 0.29) is 23.3 Å². The fourth-order valence-electron chi connectivity index (χ4n) is 4.82. The zero-order chi connectivity index (χ0) is 20.3. The number of hydrogen-bond acceptors (Lipinski definition) is 4. The molecule has 3 fully saturated rings. The molecule has 1 aromatic carbocycles. The molecule has 1 aromatic rings. The fourth-order valence-corrected chi connectivity index (χ4v) is 4.82. The van der Waals surface area contributed by atoms with E-state index in [1.807, 2.05) is 28.0 Å². The Labute approximate surface area is 172 Å². The molecule has 1 spiro atoms. The van der Waals surface area contributed by atoms with Crippen LogP contribution in [0.4, 0.5) is 10.5 Å². The predicted molar refractivity (Wildman–Crippen MR) is 110 cm³/mol. The highest BCUT2D eigenvalue weighted by molar-refractivity contribution is 5.91. The number of hydrogen-bond donors (Lipinski definition) is 1. The first kappa shape index (κ1) is 20.2. The van der Waals surface area contributed by atoms with Crippen LogP contribution < -0.4 is 5.32 Å². The second-order valence-electron chi connectivity index (χ2n) is 8.33. The Hall–Kier alpha value is -2.12. The summed E-state index contributed by atoms with van der Waals surface area (Å²) in [5.41, 5.74) is 1.81. The Bertz CT molecular complexity index is 741. The topological polar surface area (TPSA) is 71.1 Å². The third-order valence-electron chi connectivity index (χ3n) is 6.63. The van der Waals surface area contributed by atoms with Crippen molar-refractivity contribution in [1.29, 1.82) is 0 Å². The van der Waals surface area contributed by atoms with Crippen molar-refractivity contribution in [3.8, 4) is 0 Å². The molecule has 29 heavy (non-hydrogen) atoms. The van der Waals surface area contributed by atoms with Crippen molar-refractivity contribution in [3.63, 3.8) is 0 Å². The van der Waals surface area contributed by atoms with Gasteiger partial charge < -0.3 is 24.6 Å². The number of nitrogens with one attached hydrogen (secondary N) is 1. The van der Waals surface area contributed by atoms with Crippen LogP contribution in [0, 0.1) is 11.3 Å². The number of ether oxygens (including phenoxy) is 2. The third kappa shape index (κ3) is 4.26. The number of carbonyl (C=O) groups is 2. The minimum atomic E-state index is -0.184. The molecule has 158 valence electrons. The summed E-state index contributed by atoms with van der Waals surface area (Å²) in [4.78, 5) is 30.1. The van der Waals surface area contributed by atoms with Crippen molar-refractivity contribution in [1.82, 2.24) is 9.80 Å². The lowest BCUT2D eigenvalue weighted by Crippen LogP contribution is -2.49. The SMILES string of the molecule is CCc1cccc(NC(=O)N2C[C@H](C(=O)N3CCOCC3)C3(CCOCC3)C2)c1. The van der Waals surface area contributed by atoms with Crippen LogP contribution in [0.15, 0.2) is 24.3 Å². The van der Waals surface area contributed by atoms with Gasteiger partial charge in [0.1, 0.15) is 0 Å². The highest BCUT2D eigenvalue weighted by atomic mass is 16.5. The van der Waals surface area contributed by atoms with E-state index in [0.29, 0.717) is 52.6 Å². The summed E-state index contributed by atoms with van der Waals surface area (Å²) in [6.07, 6.45) is 2.57. The molecule has 4 rings (SSSR count). The molecule has 7 nitrogen and oxygen atoms in total. The molecule has 0 aliphatic carbocycles. The van der Waals surface area contributed by atoms with Crippen LogP contribution in [-0.4, -0.2) is 74.3 Å². The Morgan fingerprint density at radius 2 is 1.83 bits per heavy atom. The van der Waals surface area contributed by atoms with Gasteiger partial charge in [-0.25, -0.2) is 4.79 Å². The van der Waals surface area contributed by atoms with Gasteiger partial charge in [0.15, 0.2) is 0 Å². The molecule has 3 heterocycles. The summed E-state index contributed by atoms with van der Waals surface area (Å²) in [6.45, 7) is 6.93. The number of anilines is 1. The van der Waals surface area contributed by atoms with E-state index in [1.54, 1.807) is 0 Å². The van der Waals surface area contributed by atoms with E-state index in [2.05, 4.69) is 18.3 Å². The Morgan fingerprint density at radius 1 is 1.10 bits per heavy atom. The average molecular weight is 402 g/mol. The fraction of sp³-hybridized carbons (Fsp3) is 0.636. The lowest BCUT2D eigenvalue weighted by molar-refractivity contribution is -0.144. The van der Waals surface area contributed by atoms with Gasteiger partial charge in [-0.1, -0.05) is 19.1 Å². The molecule has 3 saturated heterocycles. The van der Waals surface area contributed by atoms with Crippen LogP contribution in [0.1, 0.15) is 25.3 Å². The number of likely N-dealkylation sites (tertiary alicyclic amines) is 1. The van der Waals surface area contributed by atoms with E-state index >= 15 is 0 Å². The molecule has 0 bridgehead atoms. The summed E-state index contributed by atoms with van der Waals surface area (Å²) in [5.74, 6) is -0.00398. The largest absolute Gasteiger partial charge is 0.381 e. The van der Waals surface area contributed by atoms with Gasteiger partial charge in [-0.3, -0.25) is 4.79 Å². The molecule has 0 radical (unpaired) electrons. The molecular weight excluding hydrogens is 370 g/mol. The first-order valence-electron chi connectivity index (χ1n) is 10.7. The number of morpholine rings is 1.